The Labute approximate surface area is 228 Å². The van der Waals surface area contributed by atoms with Crippen LogP contribution in [0, 0.1) is 5.92 Å². The van der Waals surface area contributed by atoms with Crippen LogP contribution in [0.15, 0.2) is 90.2 Å². The summed E-state index contributed by atoms with van der Waals surface area (Å²) in [5.74, 6) is -2.17. The highest BCUT2D eigenvalue weighted by Crippen LogP contribution is 2.56. The molecule has 1 aliphatic heterocycles. The predicted molar refractivity (Wildman–Crippen MR) is 146 cm³/mol. The minimum Gasteiger partial charge on any atom is -0.493 e. The first-order valence-corrected chi connectivity index (χ1v) is 13.4. The molecule has 0 spiro atoms. The number of Topliss-reactive ketones (excluding diaryl/α,β-unsaturated/α-hetero) is 2. The number of fused-ring (bicyclic) bond motifs is 1. The summed E-state index contributed by atoms with van der Waals surface area (Å²) in [4.78, 5) is 27.8. The molecule has 1 fully saturated rings. The Morgan fingerprint density at radius 1 is 0.769 bits per heavy atom. The average Bonchev–Trinajstić information content (AvgIpc) is 2.96. The third kappa shape index (κ3) is 4.43. The van der Waals surface area contributed by atoms with Gasteiger partial charge >= 0.3 is 0 Å². The molecule has 3 aromatic rings. The van der Waals surface area contributed by atoms with Crippen molar-refractivity contribution in [3.8, 4) is 11.5 Å². The van der Waals surface area contributed by atoms with Gasteiger partial charge in [-0.3, -0.25) is 9.59 Å². The monoisotopic (exact) mass is 524 g/mol. The number of ether oxygens (including phenoxy) is 3. The average molecular weight is 525 g/mol. The molecule has 200 valence electrons. The number of methoxy groups -OCH3 is 2. The summed E-state index contributed by atoms with van der Waals surface area (Å²) in [5.41, 5.74) is 3.27. The molecule has 6 rings (SSSR count). The van der Waals surface area contributed by atoms with Gasteiger partial charge in [-0.2, -0.15) is 0 Å². The van der Waals surface area contributed by atoms with E-state index in [1.54, 1.807) is 20.3 Å². The Kier molecular flexibility index (Phi) is 6.51. The third-order valence-corrected chi connectivity index (χ3v) is 8.54. The molecule has 0 aromatic heterocycles. The summed E-state index contributed by atoms with van der Waals surface area (Å²) < 4.78 is 17.4. The van der Waals surface area contributed by atoms with Crippen LogP contribution in [0.5, 0.6) is 11.5 Å². The van der Waals surface area contributed by atoms with E-state index in [4.69, 9.17) is 14.2 Å². The zero-order valence-corrected chi connectivity index (χ0v) is 22.1. The number of hydrogen-bond acceptors (Lipinski definition) is 6. The minimum atomic E-state index is -1.74. The van der Waals surface area contributed by atoms with Gasteiger partial charge in [0, 0.05) is 37.2 Å². The van der Waals surface area contributed by atoms with Crippen LogP contribution in [0.3, 0.4) is 0 Å². The first kappa shape index (κ1) is 25.4. The molecule has 1 saturated carbocycles. The Balaban J connectivity index is 1.48. The topological polar surface area (TPSA) is 82.1 Å². The summed E-state index contributed by atoms with van der Waals surface area (Å²) in [6.45, 7) is 0. The zero-order chi connectivity index (χ0) is 27.1. The zero-order valence-electron chi connectivity index (χ0n) is 22.1. The predicted octanol–water partition coefficient (Wildman–Crippen LogP) is 5.67. The van der Waals surface area contributed by atoms with Gasteiger partial charge in [0.1, 0.15) is 11.5 Å². The molecule has 3 aliphatic rings. The van der Waals surface area contributed by atoms with Crippen molar-refractivity contribution >= 4 is 11.6 Å². The molecule has 2 aliphatic carbocycles. The van der Waals surface area contributed by atoms with Gasteiger partial charge < -0.3 is 19.3 Å². The molecule has 0 saturated heterocycles. The highest BCUT2D eigenvalue weighted by molar-refractivity contribution is 6.01. The maximum Gasteiger partial charge on any atom is 0.218 e. The normalized spacial score (nSPS) is 28.3. The fourth-order valence-corrected chi connectivity index (χ4v) is 6.77. The van der Waals surface area contributed by atoms with E-state index in [0.717, 1.165) is 16.7 Å². The van der Waals surface area contributed by atoms with E-state index in [9.17, 15) is 14.7 Å². The lowest BCUT2D eigenvalue weighted by Gasteiger charge is -2.50. The maximum atomic E-state index is 13.9. The number of rotatable bonds is 5. The van der Waals surface area contributed by atoms with Crippen molar-refractivity contribution in [3.05, 3.63) is 107 Å². The number of benzene rings is 3. The number of aliphatic hydroxyl groups is 1. The van der Waals surface area contributed by atoms with Crippen LogP contribution in [0.2, 0.25) is 0 Å². The van der Waals surface area contributed by atoms with Crippen molar-refractivity contribution in [1.82, 2.24) is 0 Å². The summed E-state index contributed by atoms with van der Waals surface area (Å²) in [6, 6.07) is 25.1. The van der Waals surface area contributed by atoms with Crippen molar-refractivity contribution in [1.29, 1.82) is 0 Å². The molecular weight excluding hydrogens is 492 g/mol. The second kappa shape index (κ2) is 10.0. The highest BCUT2D eigenvalue weighted by atomic mass is 16.6. The third-order valence-electron chi connectivity index (χ3n) is 8.54. The van der Waals surface area contributed by atoms with E-state index in [0.29, 0.717) is 35.7 Å². The van der Waals surface area contributed by atoms with Gasteiger partial charge in [-0.05, 0) is 40.7 Å². The Morgan fingerprint density at radius 3 is 2.05 bits per heavy atom. The summed E-state index contributed by atoms with van der Waals surface area (Å²) in [6.07, 6.45) is 1.34. The van der Waals surface area contributed by atoms with E-state index in [2.05, 4.69) is 0 Å². The number of ketones is 2. The SMILES string of the molecule is COc1ccc(C2C3=C(CC(c4ccccc4)CC3=O)OC3(O)CC(c4ccccc4)CC(=O)C23)cc1OC. The van der Waals surface area contributed by atoms with Crippen LogP contribution in [-0.2, 0) is 14.3 Å². The molecule has 6 heteroatoms. The largest absolute Gasteiger partial charge is 0.493 e. The van der Waals surface area contributed by atoms with Crippen LogP contribution < -0.4 is 9.47 Å². The molecule has 5 atom stereocenters. The van der Waals surface area contributed by atoms with Crippen molar-refractivity contribution in [3.63, 3.8) is 0 Å². The van der Waals surface area contributed by atoms with Crippen LogP contribution >= 0.6 is 0 Å². The molecule has 0 radical (unpaired) electrons. The van der Waals surface area contributed by atoms with Crippen molar-refractivity contribution < 1.29 is 28.9 Å². The van der Waals surface area contributed by atoms with Crippen LogP contribution in [-0.4, -0.2) is 36.7 Å². The Bertz CT molecular complexity index is 1430. The van der Waals surface area contributed by atoms with Crippen molar-refractivity contribution in [2.45, 2.75) is 49.2 Å². The molecule has 1 heterocycles. The smallest absolute Gasteiger partial charge is 0.218 e. The van der Waals surface area contributed by atoms with E-state index >= 15 is 0 Å². The molecule has 0 amide bonds. The second-order valence-electron chi connectivity index (χ2n) is 10.8. The first-order chi connectivity index (χ1) is 18.9. The molecule has 0 bridgehead atoms. The number of carbonyl (C=O) groups is 2. The summed E-state index contributed by atoms with van der Waals surface area (Å²) >= 11 is 0. The van der Waals surface area contributed by atoms with E-state index in [1.165, 1.54) is 0 Å². The lowest BCUT2D eigenvalue weighted by atomic mass is 9.62. The van der Waals surface area contributed by atoms with Gasteiger partial charge in [-0.25, -0.2) is 0 Å². The van der Waals surface area contributed by atoms with Gasteiger partial charge in [0.2, 0.25) is 5.79 Å². The number of hydrogen-bond donors (Lipinski definition) is 1. The fourth-order valence-electron chi connectivity index (χ4n) is 6.77. The molecule has 5 unspecified atom stereocenters. The Hall–Kier alpha value is -3.90. The Morgan fingerprint density at radius 2 is 1.41 bits per heavy atom. The molecule has 39 heavy (non-hydrogen) atoms. The molecule has 6 nitrogen and oxygen atoms in total. The first-order valence-electron chi connectivity index (χ1n) is 13.4. The van der Waals surface area contributed by atoms with Crippen LogP contribution in [0.25, 0.3) is 0 Å². The molecular formula is C33H32O6. The number of allylic oxidation sites excluding steroid dienone is 2. The van der Waals surface area contributed by atoms with Crippen molar-refractivity contribution in [2.75, 3.05) is 14.2 Å². The van der Waals surface area contributed by atoms with Gasteiger partial charge in [-0.15, -0.1) is 0 Å². The standard InChI is InChI=1S/C33H32O6/c1-37-27-14-13-22(17-28(27)38-2)30-31-25(34)15-23(20-9-5-3-6-10-20)18-29(31)39-33(36)19-24(16-26(35)32(30)33)21-11-7-4-8-12-21/h3-14,17,23-24,30,32,36H,15-16,18-19H2,1-2H3. The fraction of sp³-hybridized carbons (Fsp3) is 0.333. The second-order valence-corrected chi connectivity index (χ2v) is 10.8. The summed E-state index contributed by atoms with van der Waals surface area (Å²) in [7, 11) is 3.12. The van der Waals surface area contributed by atoms with E-state index in [-0.39, 0.29) is 36.2 Å². The maximum absolute atomic E-state index is 13.9. The van der Waals surface area contributed by atoms with Crippen LogP contribution in [0.4, 0.5) is 0 Å². The molecule has 3 aromatic carbocycles. The van der Waals surface area contributed by atoms with Crippen LogP contribution in [0.1, 0.15) is 60.1 Å². The summed E-state index contributed by atoms with van der Waals surface area (Å²) in [5, 5.41) is 12.2. The minimum absolute atomic E-state index is 0.0510. The van der Waals surface area contributed by atoms with Gasteiger partial charge in [-0.1, -0.05) is 66.7 Å². The molecule has 1 N–H and O–H groups in total. The van der Waals surface area contributed by atoms with E-state index < -0.39 is 17.6 Å². The van der Waals surface area contributed by atoms with Gasteiger partial charge in [0.25, 0.3) is 0 Å². The number of carbonyl (C=O) groups excluding carboxylic acids is 2. The lowest BCUT2D eigenvalue weighted by Crippen LogP contribution is -2.56. The van der Waals surface area contributed by atoms with Crippen molar-refractivity contribution in [2.24, 2.45) is 5.92 Å². The van der Waals surface area contributed by atoms with Gasteiger partial charge in [0.05, 0.1) is 20.1 Å². The van der Waals surface area contributed by atoms with Gasteiger partial charge in [0.15, 0.2) is 17.3 Å². The highest BCUT2D eigenvalue weighted by Gasteiger charge is 2.59. The quantitative estimate of drug-likeness (QED) is 0.463. The van der Waals surface area contributed by atoms with E-state index in [1.807, 2.05) is 72.8 Å². The lowest BCUT2D eigenvalue weighted by molar-refractivity contribution is -0.240.